The summed E-state index contributed by atoms with van der Waals surface area (Å²) in [5.74, 6) is 0. The monoisotopic (exact) mass is 349 g/mol. The zero-order valence-electron chi connectivity index (χ0n) is 9.80. The third-order valence-electron chi connectivity index (χ3n) is 2.55. The summed E-state index contributed by atoms with van der Waals surface area (Å²) < 4.78 is 39.3. The van der Waals surface area contributed by atoms with Gasteiger partial charge in [0.15, 0.2) is 0 Å². The standard InChI is InChI=1S/C13H11BrF3NS/c14-12-6-5-9(19-12)7-8-18-11-4-2-1-3-10(11)13(15,16)17/h1-6,18H,7-8H2. The number of nitrogens with one attached hydrogen (secondary N) is 1. The number of alkyl halides is 3. The van der Waals surface area contributed by atoms with E-state index in [2.05, 4.69) is 21.2 Å². The van der Waals surface area contributed by atoms with Crippen molar-refractivity contribution in [3.05, 3.63) is 50.6 Å². The van der Waals surface area contributed by atoms with E-state index in [1.807, 2.05) is 12.1 Å². The molecule has 0 spiro atoms. The van der Waals surface area contributed by atoms with Crippen molar-refractivity contribution in [3.8, 4) is 0 Å². The van der Waals surface area contributed by atoms with E-state index in [9.17, 15) is 13.2 Å². The molecule has 0 amide bonds. The van der Waals surface area contributed by atoms with Crippen molar-refractivity contribution < 1.29 is 13.2 Å². The van der Waals surface area contributed by atoms with Crippen LogP contribution in [0.1, 0.15) is 10.4 Å². The highest BCUT2D eigenvalue weighted by atomic mass is 79.9. The largest absolute Gasteiger partial charge is 0.418 e. The number of anilines is 1. The summed E-state index contributed by atoms with van der Waals surface area (Å²) in [5, 5.41) is 2.85. The summed E-state index contributed by atoms with van der Waals surface area (Å²) in [4.78, 5) is 1.13. The van der Waals surface area contributed by atoms with Gasteiger partial charge in [-0.1, -0.05) is 12.1 Å². The predicted molar refractivity (Wildman–Crippen MR) is 75.7 cm³/mol. The topological polar surface area (TPSA) is 12.0 Å². The average Bonchev–Trinajstić information content (AvgIpc) is 2.74. The first-order chi connectivity index (χ1) is 8.97. The molecular weight excluding hydrogens is 339 g/mol. The van der Waals surface area contributed by atoms with Crippen LogP contribution in [0.2, 0.25) is 0 Å². The van der Waals surface area contributed by atoms with Gasteiger partial charge in [-0.2, -0.15) is 13.2 Å². The molecule has 1 N–H and O–H groups in total. The summed E-state index contributed by atoms with van der Waals surface area (Å²) in [7, 11) is 0. The molecular formula is C13H11BrF3NS. The van der Waals surface area contributed by atoms with Gasteiger partial charge in [0.1, 0.15) is 0 Å². The quantitative estimate of drug-likeness (QED) is 0.801. The zero-order valence-corrected chi connectivity index (χ0v) is 12.2. The molecule has 6 heteroatoms. The predicted octanol–water partition coefficient (Wildman–Crippen LogP) is 5.18. The van der Waals surface area contributed by atoms with Gasteiger partial charge in [0, 0.05) is 17.1 Å². The maximum absolute atomic E-state index is 12.8. The number of benzene rings is 1. The summed E-state index contributed by atoms with van der Waals surface area (Å²) >= 11 is 4.94. The van der Waals surface area contributed by atoms with Gasteiger partial charge < -0.3 is 5.32 Å². The number of para-hydroxylation sites is 1. The molecule has 0 atom stereocenters. The second kappa shape index (κ2) is 5.96. The fourth-order valence-corrected chi connectivity index (χ4v) is 3.17. The Hall–Kier alpha value is -1.01. The molecule has 1 heterocycles. The third kappa shape index (κ3) is 3.98. The summed E-state index contributed by atoms with van der Waals surface area (Å²) in [6, 6.07) is 9.43. The lowest BCUT2D eigenvalue weighted by Gasteiger charge is -2.13. The Kier molecular flexibility index (Phi) is 4.52. The van der Waals surface area contributed by atoms with Crippen LogP contribution in [0.15, 0.2) is 40.2 Å². The fourth-order valence-electron chi connectivity index (χ4n) is 1.69. The second-order valence-electron chi connectivity index (χ2n) is 3.93. The lowest BCUT2D eigenvalue weighted by atomic mass is 10.1. The van der Waals surface area contributed by atoms with Crippen molar-refractivity contribution in [1.29, 1.82) is 0 Å². The van der Waals surface area contributed by atoms with Crippen molar-refractivity contribution in [2.45, 2.75) is 12.6 Å². The van der Waals surface area contributed by atoms with Gasteiger partial charge in [0.05, 0.1) is 9.35 Å². The molecule has 0 bridgehead atoms. The molecule has 2 aromatic rings. The lowest BCUT2D eigenvalue weighted by molar-refractivity contribution is -0.136. The van der Waals surface area contributed by atoms with Crippen LogP contribution in [-0.2, 0) is 12.6 Å². The molecule has 102 valence electrons. The van der Waals surface area contributed by atoms with Crippen LogP contribution in [0, 0.1) is 0 Å². The smallest absolute Gasteiger partial charge is 0.384 e. The van der Waals surface area contributed by atoms with Gasteiger partial charge >= 0.3 is 6.18 Å². The van der Waals surface area contributed by atoms with Crippen LogP contribution in [-0.4, -0.2) is 6.54 Å². The lowest BCUT2D eigenvalue weighted by Crippen LogP contribution is -2.12. The molecule has 0 unspecified atom stereocenters. The van der Waals surface area contributed by atoms with Gasteiger partial charge in [-0.05, 0) is 46.6 Å². The first kappa shape index (κ1) is 14.4. The van der Waals surface area contributed by atoms with Crippen LogP contribution in [0.4, 0.5) is 18.9 Å². The van der Waals surface area contributed by atoms with E-state index in [1.54, 1.807) is 17.4 Å². The van der Waals surface area contributed by atoms with E-state index in [0.29, 0.717) is 13.0 Å². The van der Waals surface area contributed by atoms with Crippen molar-refractivity contribution in [2.24, 2.45) is 0 Å². The van der Waals surface area contributed by atoms with Gasteiger partial charge in [-0.15, -0.1) is 11.3 Å². The first-order valence-corrected chi connectivity index (χ1v) is 7.22. The minimum absolute atomic E-state index is 0.130. The fraction of sp³-hybridized carbons (Fsp3) is 0.231. The highest BCUT2D eigenvalue weighted by Crippen LogP contribution is 2.34. The summed E-state index contributed by atoms with van der Waals surface area (Å²) in [6.45, 7) is 0.472. The third-order valence-corrected chi connectivity index (χ3v) is 4.23. The first-order valence-electron chi connectivity index (χ1n) is 5.61. The number of thiophene rings is 1. The second-order valence-corrected chi connectivity index (χ2v) is 6.47. The number of halogens is 4. The maximum atomic E-state index is 12.8. The molecule has 0 aliphatic rings. The van der Waals surface area contributed by atoms with Gasteiger partial charge in [-0.3, -0.25) is 0 Å². The molecule has 1 nitrogen and oxygen atoms in total. The van der Waals surface area contributed by atoms with Crippen LogP contribution >= 0.6 is 27.3 Å². The highest BCUT2D eigenvalue weighted by molar-refractivity contribution is 9.11. The van der Waals surface area contributed by atoms with Gasteiger partial charge in [-0.25, -0.2) is 0 Å². The molecule has 0 saturated heterocycles. The number of hydrogen-bond donors (Lipinski definition) is 1. The SMILES string of the molecule is FC(F)(F)c1ccccc1NCCc1ccc(Br)s1. The van der Waals surface area contributed by atoms with Gasteiger partial charge in [0.25, 0.3) is 0 Å². The van der Waals surface area contributed by atoms with Crippen LogP contribution in [0.3, 0.4) is 0 Å². The average molecular weight is 350 g/mol. The van der Waals surface area contributed by atoms with Gasteiger partial charge in [0.2, 0.25) is 0 Å². The van der Waals surface area contributed by atoms with Crippen molar-refractivity contribution in [2.75, 3.05) is 11.9 Å². The van der Waals surface area contributed by atoms with Crippen LogP contribution in [0.5, 0.6) is 0 Å². The van der Waals surface area contributed by atoms with Crippen molar-refractivity contribution in [3.63, 3.8) is 0 Å². The van der Waals surface area contributed by atoms with E-state index in [-0.39, 0.29) is 5.69 Å². The Balaban J connectivity index is 2.00. The minimum Gasteiger partial charge on any atom is -0.384 e. The van der Waals surface area contributed by atoms with Crippen LogP contribution in [0.25, 0.3) is 0 Å². The van der Waals surface area contributed by atoms with E-state index >= 15 is 0 Å². The summed E-state index contributed by atoms with van der Waals surface area (Å²) in [6.07, 6.45) is -3.63. The molecule has 0 aliphatic carbocycles. The molecule has 2 rings (SSSR count). The molecule has 0 saturated carbocycles. The Bertz CT molecular complexity index is 551. The molecule has 0 aliphatic heterocycles. The minimum atomic E-state index is -4.32. The molecule has 19 heavy (non-hydrogen) atoms. The normalized spacial score (nSPS) is 11.6. The van der Waals surface area contributed by atoms with E-state index in [0.717, 1.165) is 14.7 Å². The molecule has 1 aromatic carbocycles. The Morgan fingerprint density at radius 2 is 1.84 bits per heavy atom. The Labute approximate surface area is 121 Å². The van der Waals surface area contributed by atoms with E-state index in [4.69, 9.17) is 0 Å². The van der Waals surface area contributed by atoms with E-state index < -0.39 is 11.7 Å². The Morgan fingerprint density at radius 1 is 1.11 bits per heavy atom. The number of rotatable bonds is 4. The maximum Gasteiger partial charge on any atom is 0.418 e. The van der Waals surface area contributed by atoms with Crippen molar-refractivity contribution >= 4 is 33.0 Å². The zero-order chi connectivity index (χ0) is 13.9. The molecule has 1 aromatic heterocycles. The van der Waals surface area contributed by atoms with Crippen molar-refractivity contribution in [1.82, 2.24) is 0 Å². The Morgan fingerprint density at radius 3 is 2.47 bits per heavy atom. The van der Waals surface area contributed by atoms with E-state index in [1.165, 1.54) is 12.1 Å². The highest BCUT2D eigenvalue weighted by Gasteiger charge is 2.32. The summed E-state index contributed by atoms with van der Waals surface area (Å²) in [5.41, 5.74) is -0.493. The number of hydrogen-bond acceptors (Lipinski definition) is 2. The van der Waals surface area contributed by atoms with Crippen LogP contribution < -0.4 is 5.32 Å². The molecule has 0 fully saturated rings. The molecule has 0 radical (unpaired) electrons.